The lowest BCUT2D eigenvalue weighted by atomic mass is 10.1. The number of thiazole rings is 1. The molecule has 2 N–H and O–H groups in total. The molecule has 0 radical (unpaired) electrons. The zero-order chi connectivity index (χ0) is 18.7. The standard InChI is InChI=1S/C17H24N6O2S.2ClH/c1-11(2)16(25)21-17-20-12(10-26-17)8-14(24)23-7-4-18-9-13(23)15-19-5-6-22(15)3;;/h5-6,10-11,13,18H,4,7-9H2,1-3H3,(H,20,21,25);2*1H. The van der Waals surface area contributed by atoms with E-state index in [-0.39, 0.29) is 55.0 Å². The van der Waals surface area contributed by atoms with Gasteiger partial charge in [0.15, 0.2) is 5.13 Å². The summed E-state index contributed by atoms with van der Waals surface area (Å²) in [6.45, 7) is 5.74. The van der Waals surface area contributed by atoms with E-state index in [4.69, 9.17) is 0 Å². The molecule has 0 saturated carbocycles. The van der Waals surface area contributed by atoms with E-state index in [1.165, 1.54) is 11.3 Å². The molecule has 1 atom stereocenters. The Hall–Kier alpha value is -1.68. The molecule has 2 amide bonds. The number of carbonyl (C=O) groups is 2. The Bertz CT molecular complexity index is 794. The highest BCUT2D eigenvalue weighted by atomic mass is 35.5. The number of hydrogen-bond donors (Lipinski definition) is 2. The molecule has 1 unspecified atom stereocenters. The molecule has 3 heterocycles. The van der Waals surface area contributed by atoms with Gasteiger partial charge in [-0.05, 0) is 0 Å². The van der Waals surface area contributed by atoms with Gasteiger partial charge in [0.2, 0.25) is 11.8 Å². The minimum atomic E-state index is -0.108. The van der Waals surface area contributed by atoms with Crippen molar-refractivity contribution in [1.29, 1.82) is 0 Å². The molecule has 2 aromatic heterocycles. The zero-order valence-electron chi connectivity index (χ0n) is 16.0. The minimum absolute atomic E-state index is 0. The van der Waals surface area contributed by atoms with Crippen LogP contribution in [0.5, 0.6) is 0 Å². The van der Waals surface area contributed by atoms with Crippen LogP contribution in [0.4, 0.5) is 5.13 Å². The van der Waals surface area contributed by atoms with E-state index < -0.39 is 0 Å². The lowest BCUT2D eigenvalue weighted by Crippen LogP contribution is -2.49. The van der Waals surface area contributed by atoms with Gasteiger partial charge in [-0.25, -0.2) is 9.97 Å². The van der Waals surface area contributed by atoms with Crippen molar-refractivity contribution in [2.75, 3.05) is 25.0 Å². The molecule has 1 aliphatic rings. The Morgan fingerprint density at radius 2 is 2.14 bits per heavy atom. The van der Waals surface area contributed by atoms with Gasteiger partial charge in [0.1, 0.15) is 11.9 Å². The van der Waals surface area contributed by atoms with Gasteiger partial charge in [-0.3, -0.25) is 9.59 Å². The predicted molar refractivity (Wildman–Crippen MR) is 114 cm³/mol. The first-order chi connectivity index (χ1) is 12.5. The van der Waals surface area contributed by atoms with Gasteiger partial charge < -0.3 is 20.1 Å². The highest BCUT2D eigenvalue weighted by molar-refractivity contribution is 7.13. The second kappa shape index (κ2) is 10.8. The molecule has 0 bridgehead atoms. The number of halogens is 2. The maximum Gasteiger partial charge on any atom is 0.229 e. The van der Waals surface area contributed by atoms with E-state index in [0.29, 0.717) is 23.9 Å². The van der Waals surface area contributed by atoms with Gasteiger partial charge >= 0.3 is 0 Å². The molecule has 2 aromatic rings. The number of carbonyl (C=O) groups excluding carboxylic acids is 2. The Morgan fingerprint density at radius 1 is 1.39 bits per heavy atom. The second-order valence-electron chi connectivity index (χ2n) is 6.67. The summed E-state index contributed by atoms with van der Waals surface area (Å²) in [7, 11) is 1.93. The topological polar surface area (TPSA) is 92.2 Å². The molecule has 1 fully saturated rings. The lowest BCUT2D eigenvalue weighted by molar-refractivity contribution is -0.134. The van der Waals surface area contributed by atoms with Crippen molar-refractivity contribution in [1.82, 2.24) is 24.8 Å². The largest absolute Gasteiger partial charge is 0.336 e. The van der Waals surface area contributed by atoms with Crippen LogP contribution in [0.1, 0.15) is 31.4 Å². The van der Waals surface area contributed by atoms with Crippen LogP contribution >= 0.6 is 36.2 Å². The fourth-order valence-corrected chi connectivity index (χ4v) is 3.60. The van der Waals surface area contributed by atoms with Crippen molar-refractivity contribution in [2.24, 2.45) is 13.0 Å². The van der Waals surface area contributed by atoms with E-state index in [1.54, 1.807) is 6.20 Å². The molecular weight excluding hydrogens is 423 g/mol. The van der Waals surface area contributed by atoms with Crippen LogP contribution in [0.15, 0.2) is 17.8 Å². The van der Waals surface area contributed by atoms with Gasteiger partial charge in [0.05, 0.1) is 12.1 Å². The fourth-order valence-electron chi connectivity index (χ4n) is 2.88. The number of hydrogen-bond acceptors (Lipinski definition) is 6. The molecule has 0 aliphatic carbocycles. The van der Waals surface area contributed by atoms with Gasteiger partial charge in [-0.2, -0.15) is 0 Å². The summed E-state index contributed by atoms with van der Waals surface area (Å²) in [5.41, 5.74) is 0.677. The Labute approximate surface area is 180 Å². The molecule has 28 heavy (non-hydrogen) atoms. The molecular formula is C17H26Cl2N6O2S. The van der Waals surface area contributed by atoms with Crippen LogP contribution in [0.2, 0.25) is 0 Å². The third-order valence-corrected chi connectivity index (χ3v) is 5.17. The van der Waals surface area contributed by atoms with E-state index in [0.717, 1.165) is 12.4 Å². The number of nitrogens with zero attached hydrogens (tertiary/aromatic N) is 4. The summed E-state index contributed by atoms with van der Waals surface area (Å²) >= 11 is 1.34. The normalized spacial score (nSPS) is 16.3. The van der Waals surface area contributed by atoms with E-state index in [9.17, 15) is 9.59 Å². The van der Waals surface area contributed by atoms with Crippen LogP contribution in [-0.2, 0) is 23.1 Å². The number of rotatable bonds is 5. The number of amides is 2. The monoisotopic (exact) mass is 448 g/mol. The Balaban J connectivity index is 0.00000196. The SMILES string of the molecule is CC(C)C(=O)Nc1nc(CC(=O)N2CCNCC2c2nccn2C)cs1.Cl.Cl. The third-order valence-electron chi connectivity index (χ3n) is 4.36. The van der Waals surface area contributed by atoms with Crippen LogP contribution in [0.3, 0.4) is 0 Å². The molecule has 0 aromatic carbocycles. The van der Waals surface area contributed by atoms with Gasteiger partial charge in [-0.15, -0.1) is 36.2 Å². The third kappa shape index (κ3) is 5.66. The molecule has 8 nitrogen and oxygen atoms in total. The summed E-state index contributed by atoms with van der Waals surface area (Å²) in [4.78, 5) is 35.3. The quantitative estimate of drug-likeness (QED) is 0.729. The van der Waals surface area contributed by atoms with Crippen LogP contribution in [0, 0.1) is 5.92 Å². The zero-order valence-corrected chi connectivity index (χ0v) is 18.5. The lowest BCUT2D eigenvalue weighted by Gasteiger charge is -2.35. The van der Waals surface area contributed by atoms with Crippen molar-refractivity contribution in [3.63, 3.8) is 0 Å². The van der Waals surface area contributed by atoms with E-state index >= 15 is 0 Å². The van der Waals surface area contributed by atoms with Crippen LogP contribution in [0.25, 0.3) is 0 Å². The highest BCUT2D eigenvalue weighted by Gasteiger charge is 2.30. The van der Waals surface area contributed by atoms with E-state index in [1.807, 2.05) is 41.9 Å². The van der Waals surface area contributed by atoms with Gasteiger partial charge in [-0.1, -0.05) is 13.8 Å². The first-order valence-electron chi connectivity index (χ1n) is 8.68. The number of imidazole rings is 1. The Morgan fingerprint density at radius 3 is 2.79 bits per heavy atom. The number of aromatic nitrogens is 3. The second-order valence-corrected chi connectivity index (χ2v) is 7.53. The first kappa shape index (κ1) is 24.4. The van der Waals surface area contributed by atoms with Gasteiger partial charge in [0.25, 0.3) is 0 Å². The minimum Gasteiger partial charge on any atom is -0.336 e. The van der Waals surface area contributed by atoms with Crippen molar-refractivity contribution in [2.45, 2.75) is 26.3 Å². The van der Waals surface area contributed by atoms with Crippen LogP contribution in [-0.4, -0.2) is 50.9 Å². The van der Waals surface area contributed by atoms with Crippen LogP contribution < -0.4 is 10.6 Å². The van der Waals surface area contributed by atoms with Crippen molar-refractivity contribution < 1.29 is 9.59 Å². The van der Waals surface area contributed by atoms with Gasteiger partial charge in [0, 0.05) is 50.4 Å². The van der Waals surface area contributed by atoms with Crippen molar-refractivity contribution in [3.05, 3.63) is 29.3 Å². The molecule has 1 saturated heterocycles. The maximum atomic E-state index is 12.9. The smallest absolute Gasteiger partial charge is 0.229 e. The van der Waals surface area contributed by atoms with Crippen molar-refractivity contribution >= 4 is 53.1 Å². The summed E-state index contributed by atoms with van der Waals surface area (Å²) < 4.78 is 1.94. The summed E-state index contributed by atoms with van der Waals surface area (Å²) in [6, 6.07) is -0.0880. The number of anilines is 1. The maximum absolute atomic E-state index is 12.9. The highest BCUT2D eigenvalue weighted by Crippen LogP contribution is 2.23. The summed E-state index contributed by atoms with van der Waals surface area (Å²) in [5, 5.41) is 8.46. The molecule has 11 heteroatoms. The van der Waals surface area contributed by atoms with Crippen molar-refractivity contribution in [3.8, 4) is 0 Å². The summed E-state index contributed by atoms with van der Waals surface area (Å²) in [6.07, 6.45) is 3.85. The average molecular weight is 449 g/mol. The predicted octanol–water partition coefficient (Wildman–Crippen LogP) is 2.03. The Kier molecular flexibility index (Phi) is 9.35. The average Bonchev–Trinajstić information content (AvgIpc) is 3.23. The molecule has 1 aliphatic heterocycles. The van der Waals surface area contributed by atoms with E-state index in [2.05, 4.69) is 20.6 Å². The molecule has 156 valence electrons. The fraction of sp³-hybridized carbons (Fsp3) is 0.529. The molecule has 3 rings (SSSR count). The number of aryl methyl sites for hydroxylation is 1. The molecule has 0 spiro atoms. The number of piperazine rings is 1. The number of nitrogens with one attached hydrogen (secondary N) is 2. The first-order valence-corrected chi connectivity index (χ1v) is 9.56. The summed E-state index contributed by atoms with van der Waals surface area (Å²) in [5.74, 6) is 0.706.